The van der Waals surface area contributed by atoms with E-state index in [0.29, 0.717) is 28.5 Å². The molecule has 0 atom stereocenters. The predicted molar refractivity (Wildman–Crippen MR) is 115 cm³/mol. The molecule has 3 aromatic heterocycles. The van der Waals surface area contributed by atoms with Crippen molar-refractivity contribution in [2.45, 2.75) is 24.8 Å². The summed E-state index contributed by atoms with van der Waals surface area (Å²) in [7, 11) is -3.83. The molecule has 0 aliphatic rings. The van der Waals surface area contributed by atoms with Crippen LogP contribution in [-0.2, 0) is 10.0 Å². The zero-order chi connectivity index (χ0) is 21.1. The minimum absolute atomic E-state index is 0.0596. The molecule has 1 aromatic carbocycles. The Morgan fingerprint density at radius 3 is 2.63 bits per heavy atom. The zero-order valence-corrected chi connectivity index (χ0v) is 17.1. The van der Waals surface area contributed by atoms with Gasteiger partial charge in [0.15, 0.2) is 5.82 Å². The van der Waals surface area contributed by atoms with E-state index in [1.807, 2.05) is 19.9 Å². The van der Waals surface area contributed by atoms with Crippen LogP contribution < -0.4 is 15.4 Å². The van der Waals surface area contributed by atoms with Crippen molar-refractivity contribution in [3.63, 3.8) is 0 Å². The molecule has 0 bridgehead atoms. The summed E-state index contributed by atoms with van der Waals surface area (Å²) in [6.07, 6.45) is 2.80. The lowest BCUT2D eigenvalue weighted by atomic mass is 10.2. The maximum Gasteiger partial charge on any atom is 0.263 e. The summed E-state index contributed by atoms with van der Waals surface area (Å²) in [6.45, 7) is 3.98. The van der Waals surface area contributed by atoms with Gasteiger partial charge < -0.3 is 10.6 Å². The van der Waals surface area contributed by atoms with E-state index in [2.05, 4.69) is 40.7 Å². The maximum absolute atomic E-state index is 12.8. The van der Waals surface area contributed by atoms with Crippen LogP contribution in [0.15, 0.2) is 59.8 Å². The van der Waals surface area contributed by atoms with Gasteiger partial charge in [0.25, 0.3) is 10.0 Å². The molecule has 0 aliphatic heterocycles. The average molecular weight is 424 g/mol. The molecule has 0 aliphatic carbocycles. The Morgan fingerprint density at radius 2 is 1.87 bits per heavy atom. The SMILES string of the molecule is CC(C)Nc1ccc(NS(=O)(=O)c2cccnc2)c(Nc2ccc3n[nH]nc3c2)n1. The molecule has 11 heteroatoms. The third-order valence-corrected chi connectivity index (χ3v) is 5.45. The fourth-order valence-corrected chi connectivity index (χ4v) is 3.81. The van der Waals surface area contributed by atoms with Crippen LogP contribution in [0.25, 0.3) is 11.0 Å². The molecule has 3 heterocycles. The first-order valence-electron chi connectivity index (χ1n) is 9.19. The summed E-state index contributed by atoms with van der Waals surface area (Å²) in [4.78, 5) is 8.48. The topological polar surface area (TPSA) is 138 Å². The molecule has 154 valence electrons. The Balaban J connectivity index is 1.70. The van der Waals surface area contributed by atoms with E-state index < -0.39 is 10.0 Å². The summed E-state index contributed by atoms with van der Waals surface area (Å²) in [6, 6.07) is 12.0. The van der Waals surface area contributed by atoms with Gasteiger partial charge in [-0.2, -0.15) is 15.4 Å². The van der Waals surface area contributed by atoms with Gasteiger partial charge in [0.05, 0.1) is 5.69 Å². The van der Waals surface area contributed by atoms with Crippen LogP contribution in [0.2, 0.25) is 0 Å². The van der Waals surface area contributed by atoms with Crippen LogP contribution in [0.1, 0.15) is 13.8 Å². The first-order chi connectivity index (χ1) is 14.4. The number of anilines is 4. The number of aromatic nitrogens is 5. The Bertz CT molecular complexity index is 1270. The van der Waals surface area contributed by atoms with Gasteiger partial charge in [0.2, 0.25) is 0 Å². The van der Waals surface area contributed by atoms with Crippen molar-refractivity contribution < 1.29 is 8.42 Å². The monoisotopic (exact) mass is 424 g/mol. The van der Waals surface area contributed by atoms with E-state index in [1.54, 1.807) is 30.3 Å². The molecule has 30 heavy (non-hydrogen) atoms. The number of sulfonamides is 1. The Kier molecular flexibility index (Phi) is 5.19. The molecule has 0 saturated heterocycles. The largest absolute Gasteiger partial charge is 0.368 e. The van der Waals surface area contributed by atoms with Gasteiger partial charge in [-0.25, -0.2) is 13.4 Å². The average Bonchev–Trinajstić information content (AvgIpc) is 3.18. The van der Waals surface area contributed by atoms with Crippen molar-refractivity contribution in [2.24, 2.45) is 0 Å². The number of rotatable bonds is 7. The molecule has 10 nitrogen and oxygen atoms in total. The number of hydrogen-bond donors (Lipinski definition) is 4. The molecule has 0 amide bonds. The normalized spacial score (nSPS) is 11.6. The van der Waals surface area contributed by atoms with Gasteiger partial charge in [-0.1, -0.05) is 0 Å². The number of benzene rings is 1. The molecule has 4 rings (SSSR count). The van der Waals surface area contributed by atoms with E-state index in [0.717, 1.165) is 5.52 Å². The number of aromatic amines is 1. The Morgan fingerprint density at radius 1 is 1.03 bits per heavy atom. The lowest BCUT2D eigenvalue weighted by Gasteiger charge is -2.16. The number of H-pyrrole nitrogens is 1. The van der Waals surface area contributed by atoms with Gasteiger partial charge >= 0.3 is 0 Å². The molecule has 4 aromatic rings. The minimum Gasteiger partial charge on any atom is -0.368 e. The van der Waals surface area contributed by atoms with Crippen LogP contribution in [0, 0.1) is 0 Å². The second-order valence-electron chi connectivity index (χ2n) is 6.84. The highest BCUT2D eigenvalue weighted by molar-refractivity contribution is 7.92. The first kappa shape index (κ1) is 19.6. The van der Waals surface area contributed by atoms with Crippen molar-refractivity contribution in [2.75, 3.05) is 15.4 Å². The molecule has 0 fully saturated rings. The van der Waals surface area contributed by atoms with Crippen molar-refractivity contribution in [1.29, 1.82) is 0 Å². The Labute approximate surface area is 173 Å². The molecule has 0 unspecified atom stereocenters. The summed E-state index contributed by atoms with van der Waals surface area (Å²) in [5.74, 6) is 0.954. The van der Waals surface area contributed by atoms with Gasteiger partial charge in [0, 0.05) is 24.1 Å². The minimum atomic E-state index is -3.83. The van der Waals surface area contributed by atoms with E-state index in [-0.39, 0.29) is 10.9 Å². The molecular weight excluding hydrogens is 404 g/mol. The highest BCUT2D eigenvalue weighted by Gasteiger charge is 2.18. The van der Waals surface area contributed by atoms with Gasteiger partial charge in [-0.3, -0.25) is 9.71 Å². The molecule has 4 N–H and O–H groups in total. The standard InChI is InChI=1S/C19H20N8O2S/c1-12(2)21-18-8-7-16(26-30(28,29)14-4-3-9-20-11-14)19(23-18)22-13-5-6-15-17(10-13)25-27-24-15/h3-12,26H,1-2H3,(H2,21,22,23)(H,24,25,27). The highest BCUT2D eigenvalue weighted by Crippen LogP contribution is 2.28. The quantitative estimate of drug-likeness (QED) is 0.355. The number of nitrogens with zero attached hydrogens (tertiary/aromatic N) is 4. The van der Waals surface area contributed by atoms with Crippen LogP contribution in [0.4, 0.5) is 23.0 Å². The van der Waals surface area contributed by atoms with Crippen molar-refractivity contribution >= 4 is 44.1 Å². The summed E-state index contributed by atoms with van der Waals surface area (Å²) in [5.41, 5.74) is 2.39. The van der Waals surface area contributed by atoms with E-state index in [1.165, 1.54) is 18.5 Å². The van der Waals surface area contributed by atoms with Gasteiger partial charge in [0.1, 0.15) is 21.7 Å². The number of pyridine rings is 2. The fraction of sp³-hybridized carbons (Fsp3) is 0.158. The molecule has 0 radical (unpaired) electrons. The van der Waals surface area contributed by atoms with E-state index >= 15 is 0 Å². The van der Waals surface area contributed by atoms with Crippen molar-refractivity contribution in [3.05, 3.63) is 54.9 Å². The summed E-state index contributed by atoms with van der Waals surface area (Å²) in [5, 5.41) is 17.0. The number of fused-ring (bicyclic) bond motifs is 1. The lowest BCUT2D eigenvalue weighted by Crippen LogP contribution is -2.16. The predicted octanol–water partition coefficient (Wildman–Crippen LogP) is 3.11. The van der Waals surface area contributed by atoms with Crippen molar-refractivity contribution in [3.8, 4) is 0 Å². The maximum atomic E-state index is 12.8. The van der Waals surface area contributed by atoms with Crippen LogP contribution >= 0.6 is 0 Å². The van der Waals surface area contributed by atoms with E-state index in [4.69, 9.17) is 0 Å². The number of hydrogen-bond acceptors (Lipinski definition) is 8. The smallest absolute Gasteiger partial charge is 0.263 e. The van der Waals surface area contributed by atoms with Gasteiger partial charge in [-0.05, 0) is 56.3 Å². The molecule has 0 spiro atoms. The summed E-state index contributed by atoms with van der Waals surface area (Å²) < 4.78 is 28.1. The van der Waals surface area contributed by atoms with E-state index in [9.17, 15) is 8.42 Å². The lowest BCUT2D eigenvalue weighted by molar-refractivity contribution is 0.601. The highest BCUT2D eigenvalue weighted by atomic mass is 32.2. The third kappa shape index (κ3) is 4.30. The fourth-order valence-electron chi connectivity index (χ4n) is 2.78. The number of nitrogens with one attached hydrogen (secondary N) is 4. The molecule has 0 saturated carbocycles. The first-order valence-corrected chi connectivity index (χ1v) is 10.7. The van der Waals surface area contributed by atoms with Crippen LogP contribution in [-0.4, -0.2) is 39.8 Å². The second kappa shape index (κ2) is 7.95. The zero-order valence-electron chi connectivity index (χ0n) is 16.3. The van der Waals surface area contributed by atoms with Crippen LogP contribution in [0.3, 0.4) is 0 Å². The van der Waals surface area contributed by atoms with Crippen LogP contribution in [0.5, 0.6) is 0 Å². The van der Waals surface area contributed by atoms with Gasteiger partial charge in [-0.15, -0.1) is 0 Å². The second-order valence-corrected chi connectivity index (χ2v) is 8.52. The molecular formula is C19H20N8O2S. The van der Waals surface area contributed by atoms with Crippen molar-refractivity contribution in [1.82, 2.24) is 25.4 Å². The Hall–Kier alpha value is -3.73. The summed E-state index contributed by atoms with van der Waals surface area (Å²) >= 11 is 0. The third-order valence-electron chi connectivity index (χ3n) is 4.10.